The summed E-state index contributed by atoms with van der Waals surface area (Å²) in [6, 6.07) is 0.450. The van der Waals surface area contributed by atoms with Crippen LogP contribution in [0.3, 0.4) is 0 Å². The Morgan fingerprint density at radius 3 is 2.54 bits per heavy atom. The molecule has 5 atom stereocenters. The Morgan fingerprint density at radius 1 is 1.15 bits per heavy atom. The molecule has 0 aromatic rings. The molecule has 3 nitrogen and oxygen atoms in total. The highest BCUT2D eigenvalue weighted by molar-refractivity contribution is 4.94. The number of hydrogen-bond donors (Lipinski definition) is 0. The normalized spacial score (nSPS) is 52.2. The summed E-state index contributed by atoms with van der Waals surface area (Å²) in [5.41, 5.74) is 0. The van der Waals surface area contributed by atoms with Gasteiger partial charge in [0.25, 0.3) is 0 Å². The molecule has 0 aliphatic carbocycles. The lowest BCUT2D eigenvalue weighted by atomic mass is 9.97. The maximum atomic E-state index is 5.86. The fourth-order valence-corrected chi connectivity index (χ4v) is 2.59. The van der Waals surface area contributed by atoms with Crippen LogP contribution in [0.15, 0.2) is 0 Å². The van der Waals surface area contributed by atoms with Gasteiger partial charge in [-0.3, -0.25) is 4.90 Å². The zero-order valence-corrected chi connectivity index (χ0v) is 8.86. The van der Waals surface area contributed by atoms with Crippen molar-refractivity contribution in [2.24, 2.45) is 0 Å². The van der Waals surface area contributed by atoms with Crippen molar-refractivity contribution >= 4 is 0 Å². The molecule has 0 saturated carbocycles. The zero-order chi connectivity index (χ0) is 9.59. The van der Waals surface area contributed by atoms with Gasteiger partial charge in [0.2, 0.25) is 0 Å². The molecule has 0 amide bonds. The van der Waals surface area contributed by atoms with Gasteiger partial charge >= 0.3 is 0 Å². The van der Waals surface area contributed by atoms with Crippen molar-refractivity contribution in [2.45, 2.75) is 57.8 Å². The Bertz CT molecular complexity index is 195. The van der Waals surface area contributed by atoms with E-state index < -0.39 is 0 Å². The van der Waals surface area contributed by atoms with Crippen LogP contribution < -0.4 is 0 Å². The van der Waals surface area contributed by atoms with E-state index in [1.165, 1.54) is 0 Å². The van der Waals surface area contributed by atoms with E-state index in [2.05, 4.69) is 32.7 Å². The molecule has 13 heavy (non-hydrogen) atoms. The third kappa shape index (κ3) is 1.49. The SMILES string of the molecule is CC1CC2OC(C)N(C)C2C(C)O1. The molecule has 2 rings (SSSR count). The average molecular weight is 185 g/mol. The predicted molar refractivity (Wildman–Crippen MR) is 50.5 cm³/mol. The molecule has 0 aromatic carbocycles. The molecule has 0 spiro atoms. The maximum absolute atomic E-state index is 5.86. The first kappa shape index (κ1) is 9.44. The lowest BCUT2D eigenvalue weighted by Crippen LogP contribution is -2.49. The van der Waals surface area contributed by atoms with Gasteiger partial charge in [0.05, 0.1) is 24.4 Å². The number of rotatable bonds is 0. The standard InChI is InChI=1S/C10H19NO2/c1-6-5-9-10(7(2)12-6)11(4)8(3)13-9/h6-10H,5H2,1-4H3. The summed E-state index contributed by atoms with van der Waals surface area (Å²) in [6.07, 6.45) is 2.28. The molecular formula is C10H19NO2. The molecule has 2 aliphatic rings. The Labute approximate surface area is 80.0 Å². The van der Waals surface area contributed by atoms with Crippen molar-refractivity contribution in [3.8, 4) is 0 Å². The van der Waals surface area contributed by atoms with Gasteiger partial charge in [-0.15, -0.1) is 0 Å². The number of hydrogen-bond acceptors (Lipinski definition) is 3. The van der Waals surface area contributed by atoms with Gasteiger partial charge in [0.1, 0.15) is 6.23 Å². The van der Waals surface area contributed by atoms with Crippen LogP contribution in [0.4, 0.5) is 0 Å². The Hall–Kier alpha value is -0.120. The van der Waals surface area contributed by atoms with E-state index in [0.717, 1.165) is 6.42 Å². The van der Waals surface area contributed by atoms with Crippen molar-refractivity contribution in [3.63, 3.8) is 0 Å². The maximum Gasteiger partial charge on any atom is 0.108 e. The van der Waals surface area contributed by atoms with Crippen molar-refractivity contribution in [3.05, 3.63) is 0 Å². The van der Waals surface area contributed by atoms with E-state index in [1.807, 2.05) is 0 Å². The van der Waals surface area contributed by atoms with Gasteiger partial charge < -0.3 is 9.47 Å². The van der Waals surface area contributed by atoms with E-state index in [4.69, 9.17) is 9.47 Å². The molecule has 2 fully saturated rings. The summed E-state index contributed by atoms with van der Waals surface area (Å²) >= 11 is 0. The van der Waals surface area contributed by atoms with Gasteiger partial charge in [-0.25, -0.2) is 0 Å². The van der Waals surface area contributed by atoms with Crippen LogP contribution in [0.25, 0.3) is 0 Å². The molecule has 2 heterocycles. The summed E-state index contributed by atoms with van der Waals surface area (Å²) in [5.74, 6) is 0. The highest BCUT2D eigenvalue weighted by atomic mass is 16.5. The molecule has 2 saturated heterocycles. The monoisotopic (exact) mass is 185 g/mol. The fraction of sp³-hybridized carbons (Fsp3) is 1.00. The van der Waals surface area contributed by atoms with Crippen LogP contribution in [0.5, 0.6) is 0 Å². The van der Waals surface area contributed by atoms with Gasteiger partial charge in [-0.1, -0.05) is 0 Å². The van der Waals surface area contributed by atoms with Gasteiger partial charge in [0, 0.05) is 6.42 Å². The molecule has 76 valence electrons. The molecule has 5 unspecified atom stereocenters. The summed E-state index contributed by atoms with van der Waals surface area (Å²) in [6.45, 7) is 6.38. The number of nitrogens with zero attached hydrogens (tertiary/aromatic N) is 1. The largest absolute Gasteiger partial charge is 0.374 e. The summed E-state index contributed by atoms with van der Waals surface area (Å²) in [5, 5.41) is 0. The smallest absolute Gasteiger partial charge is 0.108 e. The van der Waals surface area contributed by atoms with Crippen LogP contribution in [0, 0.1) is 0 Å². The number of fused-ring (bicyclic) bond motifs is 1. The molecule has 2 aliphatic heterocycles. The Balaban J connectivity index is 2.12. The van der Waals surface area contributed by atoms with Crippen molar-refractivity contribution in [1.29, 1.82) is 0 Å². The van der Waals surface area contributed by atoms with Crippen LogP contribution in [0.1, 0.15) is 27.2 Å². The Morgan fingerprint density at radius 2 is 1.85 bits per heavy atom. The number of ether oxygens (including phenoxy) is 2. The van der Waals surface area contributed by atoms with E-state index >= 15 is 0 Å². The van der Waals surface area contributed by atoms with Gasteiger partial charge in [0.15, 0.2) is 0 Å². The highest BCUT2D eigenvalue weighted by Crippen LogP contribution is 2.32. The first-order valence-corrected chi connectivity index (χ1v) is 5.12. The Kier molecular flexibility index (Phi) is 2.34. The second kappa shape index (κ2) is 3.23. The highest BCUT2D eigenvalue weighted by Gasteiger charge is 2.45. The van der Waals surface area contributed by atoms with E-state index in [-0.39, 0.29) is 6.23 Å². The minimum atomic E-state index is 0.242. The van der Waals surface area contributed by atoms with Gasteiger partial charge in [-0.05, 0) is 27.8 Å². The lowest BCUT2D eigenvalue weighted by molar-refractivity contribution is -0.0938. The van der Waals surface area contributed by atoms with Crippen molar-refractivity contribution in [1.82, 2.24) is 4.90 Å². The lowest BCUT2D eigenvalue weighted by Gasteiger charge is -2.36. The van der Waals surface area contributed by atoms with E-state index in [0.29, 0.717) is 24.4 Å². The summed E-state index contributed by atoms with van der Waals surface area (Å²) in [4.78, 5) is 2.28. The first-order chi connectivity index (χ1) is 6.09. The molecule has 0 radical (unpaired) electrons. The zero-order valence-electron chi connectivity index (χ0n) is 8.86. The van der Waals surface area contributed by atoms with Crippen LogP contribution >= 0.6 is 0 Å². The van der Waals surface area contributed by atoms with Gasteiger partial charge in [-0.2, -0.15) is 0 Å². The quantitative estimate of drug-likeness (QED) is 0.566. The third-order valence-electron chi connectivity index (χ3n) is 3.29. The second-order valence-corrected chi connectivity index (χ2v) is 4.32. The second-order valence-electron chi connectivity index (χ2n) is 4.32. The minimum absolute atomic E-state index is 0.242. The van der Waals surface area contributed by atoms with Crippen molar-refractivity contribution < 1.29 is 9.47 Å². The fourth-order valence-electron chi connectivity index (χ4n) is 2.59. The van der Waals surface area contributed by atoms with Crippen LogP contribution in [0.2, 0.25) is 0 Å². The summed E-state index contributed by atoms with van der Waals surface area (Å²) in [7, 11) is 2.12. The van der Waals surface area contributed by atoms with E-state index in [1.54, 1.807) is 0 Å². The number of likely N-dealkylation sites (N-methyl/N-ethyl adjacent to an activating group) is 1. The van der Waals surface area contributed by atoms with Crippen LogP contribution in [-0.4, -0.2) is 42.5 Å². The van der Waals surface area contributed by atoms with Crippen molar-refractivity contribution in [2.75, 3.05) is 7.05 Å². The average Bonchev–Trinajstić information content (AvgIpc) is 2.27. The molecular weight excluding hydrogens is 166 g/mol. The molecule has 3 heteroatoms. The molecule has 0 bridgehead atoms. The van der Waals surface area contributed by atoms with E-state index in [9.17, 15) is 0 Å². The topological polar surface area (TPSA) is 21.7 Å². The van der Waals surface area contributed by atoms with Crippen LogP contribution in [-0.2, 0) is 9.47 Å². The third-order valence-corrected chi connectivity index (χ3v) is 3.29. The summed E-state index contributed by atoms with van der Waals surface area (Å²) < 4.78 is 11.7. The minimum Gasteiger partial charge on any atom is -0.374 e. The predicted octanol–water partition coefficient (Wildman–Crippen LogP) is 1.23. The first-order valence-electron chi connectivity index (χ1n) is 5.12. The molecule has 0 N–H and O–H groups in total. The molecule has 0 aromatic heterocycles.